The van der Waals surface area contributed by atoms with Crippen molar-refractivity contribution in [3.63, 3.8) is 0 Å². The molecule has 2 N–H and O–H groups in total. The maximum Gasteiger partial charge on any atom is 0.305 e. The number of aryl methyl sites for hydroxylation is 1. The molecule has 1 rings (SSSR count). The molecule has 0 aliphatic carbocycles. The van der Waals surface area contributed by atoms with Gasteiger partial charge in [-0.05, 0) is 38.8 Å². The molecule has 0 aromatic carbocycles. The van der Waals surface area contributed by atoms with Crippen LogP contribution >= 0.6 is 35.3 Å². The highest BCUT2D eigenvalue weighted by molar-refractivity contribution is 14.0. The zero-order chi connectivity index (χ0) is 16.9. The van der Waals surface area contributed by atoms with E-state index in [0.717, 1.165) is 44.7 Å². The summed E-state index contributed by atoms with van der Waals surface area (Å²) in [4.78, 5) is 18.2. The quantitative estimate of drug-likeness (QED) is 0.180. The molecular formula is C17H30IN3O2S. The molecule has 1 aromatic heterocycles. The Kier molecular flexibility index (Phi) is 14.0. The second kappa shape index (κ2) is 14.5. The van der Waals surface area contributed by atoms with Crippen molar-refractivity contribution in [2.45, 2.75) is 52.5 Å². The molecule has 1 aromatic rings. The van der Waals surface area contributed by atoms with Crippen molar-refractivity contribution in [1.82, 2.24) is 10.6 Å². The number of halogens is 1. The Morgan fingerprint density at radius 2 is 1.96 bits per heavy atom. The molecule has 0 atom stereocenters. The lowest BCUT2D eigenvalue weighted by Gasteiger charge is -2.10. The van der Waals surface area contributed by atoms with Crippen molar-refractivity contribution in [1.29, 1.82) is 0 Å². The van der Waals surface area contributed by atoms with Gasteiger partial charge in [0.15, 0.2) is 5.96 Å². The number of methoxy groups -OCH3 is 1. The van der Waals surface area contributed by atoms with Crippen molar-refractivity contribution < 1.29 is 9.53 Å². The highest BCUT2D eigenvalue weighted by Gasteiger charge is 2.01. The van der Waals surface area contributed by atoms with Crippen LogP contribution in [0.5, 0.6) is 0 Å². The van der Waals surface area contributed by atoms with Crippen LogP contribution in [-0.4, -0.2) is 32.1 Å². The first-order chi connectivity index (χ1) is 11.2. The smallest absolute Gasteiger partial charge is 0.305 e. The number of unbranched alkanes of at least 4 members (excludes halogenated alkanes) is 3. The summed E-state index contributed by atoms with van der Waals surface area (Å²) < 4.78 is 4.63. The summed E-state index contributed by atoms with van der Waals surface area (Å²) in [6.07, 6.45) is 4.66. The Hall–Kier alpha value is -0.830. The van der Waals surface area contributed by atoms with Crippen LogP contribution in [0.3, 0.4) is 0 Å². The number of rotatable bonds is 10. The van der Waals surface area contributed by atoms with Gasteiger partial charge in [0.05, 0.1) is 13.7 Å². The molecule has 7 heteroatoms. The number of carbonyl (C=O) groups is 1. The highest BCUT2D eigenvalue weighted by atomic mass is 127. The lowest BCUT2D eigenvalue weighted by atomic mass is 10.1. The minimum atomic E-state index is -0.117. The number of ether oxygens (including phenoxy) is 1. The number of thiophene rings is 1. The summed E-state index contributed by atoms with van der Waals surface area (Å²) >= 11 is 1.79. The minimum Gasteiger partial charge on any atom is -0.469 e. The van der Waals surface area contributed by atoms with Crippen LogP contribution in [0.15, 0.2) is 17.1 Å². The molecule has 138 valence electrons. The van der Waals surface area contributed by atoms with Crippen molar-refractivity contribution in [3.05, 3.63) is 21.9 Å². The van der Waals surface area contributed by atoms with Gasteiger partial charge in [0.2, 0.25) is 0 Å². The normalized spacial score (nSPS) is 10.9. The van der Waals surface area contributed by atoms with Crippen LogP contribution in [0.25, 0.3) is 0 Å². The summed E-state index contributed by atoms with van der Waals surface area (Å²) in [6, 6.07) is 4.26. The van der Waals surface area contributed by atoms with E-state index in [9.17, 15) is 4.79 Å². The van der Waals surface area contributed by atoms with Gasteiger partial charge in [-0.1, -0.05) is 12.8 Å². The van der Waals surface area contributed by atoms with E-state index < -0.39 is 0 Å². The van der Waals surface area contributed by atoms with Gasteiger partial charge < -0.3 is 15.4 Å². The summed E-state index contributed by atoms with van der Waals surface area (Å²) in [7, 11) is 1.44. The number of nitrogens with one attached hydrogen (secondary N) is 2. The van der Waals surface area contributed by atoms with Crippen LogP contribution in [0.2, 0.25) is 0 Å². The van der Waals surface area contributed by atoms with Gasteiger partial charge >= 0.3 is 5.97 Å². The van der Waals surface area contributed by atoms with E-state index in [4.69, 9.17) is 0 Å². The molecular weight excluding hydrogens is 437 g/mol. The monoisotopic (exact) mass is 467 g/mol. The van der Waals surface area contributed by atoms with Crippen molar-refractivity contribution in [2.75, 3.05) is 20.2 Å². The lowest BCUT2D eigenvalue weighted by Crippen LogP contribution is -2.37. The number of hydrogen-bond acceptors (Lipinski definition) is 4. The fourth-order valence-electron chi connectivity index (χ4n) is 2.13. The van der Waals surface area contributed by atoms with Crippen LogP contribution in [0.1, 0.15) is 48.8 Å². The second-order valence-electron chi connectivity index (χ2n) is 5.37. The Balaban J connectivity index is 0.00000529. The largest absolute Gasteiger partial charge is 0.469 e. The number of aliphatic imine (C=N–C) groups is 1. The van der Waals surface area contributed by atoms with E-state index in [0.29, 0.717) is 13.0 Å². The lowest BCUT2D eigenvalue weighted by molar-refractivity contribution is -0.140. The summed E-state index contributed by atoms with van der Waals surface area (Å²) in [5.74, 6) is 0.751. The first-order valence-electron chi connectivity index (χ1n) is 8.30. The predicted octanol–water partition coefficient (Wildman–Crippen LogP) is 3.85. The molecule has 0 amide bonds. The van der Waals surface area contributed by atoms with Crippen LogP contribution in [-0.2, 0) is 16.1 Å². The summed E-state index contributed by atoms with van der Waals surface area (Å²) in [5, 5.41) is 6.63. The SMILES string of the molecule is CCNC(=NCc1ccc(C)s1)NCCCCCCC(=O)OC.I. The Morgan fingerprint density at radius 3 is 2.58 bits per heavy atom. The number of esters is 1. The third-order valence-electron chi connectivity index (χ3n) is 3.36. The van der Waals surface area contributed by atoms with Crippen LogP contribution in [0, 0.1) is 6.92 Å². The standard InChI is InChI=1S/C17H29N3O2S.HI/c1-4-18-17(20-13-15-11-10-14(2)23-15)19-12-8-6-5-7-9-16(21)22-3;/h10-11H,4-9,12-13H2,1-3H3,(H2,18,19,20);1H. The maximum atomic E-state index is 11.0. The van der Waals surface area contributed by atoms with Crippen molar-refractivity contribution >= 4 is 47.2 Å². The van der Waals surface area contributed by atoms with E-state index in [-0.39, 0.29) is 29.9 Å². The summed E-state index contributed by atoms with van der Waals surface area (Å²) in [5.41, 5.74) is 0. The molecule has 1 heterocycles. The Morgan fingerprint density at radius 1 is 1.21 bits per heavy atom. The first-order valence-corrected chi connectivity index (χ1v) is 9.11. The Labute approximate surface area is 166 Å². The molecule has 0 aliphatic rings. The first kappa shape index (κ1) is 23.2. The Bertz CT molecular complexity index is 492. The summed E-state index contributed by atoms with van der Waals surface area (Å²) in [6.45, 7) is 6.65. The van der Waals surface area contributed by atoms with Gasteiger partial charge in [-0.25, -0.2) is 4.99 Å². The van der Waals surface area contributed by atoms with Gasteiger partial charge in [0.1, 0.15) is 0 Å². The zero-order valence-corrected chi connectivity index (χ0v) is 18.0. The van der Waals surface area contributed by atoms with E-state index in [1.165, 1.54) is 16.9 Å². The number of guanidine groups is 1. The minimum absolute atomic E-state index is 0. The van der Waals surface area contributed by atoms with E-state index in [1.807, 2.05) is 0 Å². The zero-order valence-electron chi connectivity index (χ0n) is 14.9. The molecule has 0 fully saturated rings. The van der Waals surface area contributed by atoms with Gasteiger partial charge in [-0.2, -0.15) is 0 Å². The molecule has 5 nitrogen and oxygen atoms in total. The van der Waals surface area contributed by atoms with Crippen molar-refractivity contribution in [3.8, 4) is 0 Å². The van der Waals surface area contributed by atoms with E-state index >= 15 is 0 Å². The van der Waals surface area contributed by atoms with Crippen molar-refractivity contribution in [2.24, 2.45) is 4.99 Å². The fourth-order valence-corrected chi connectivity index (χ4v) is 2.94. The molecule has 0 radical (unpaired) electrons. The maximum absolute atomic E-state index is 11.0. The van der Waals surface area contributed by atoms with Gasteiger partial charge in [-0.15, -0.1) is 35.3 Å². The third kappa shape index (κ3) is 10.9. The molecule has 0 aliphatic heterocycles. The topological polar surface area (TPSA) is 62.7 Å². The van der Waals surface area contributed by atoms with E-state index in [1.54, 1.807) is 11.3 Å². The number of nitrogens with zero attached hydrogens (tertiary/aromatic N) is 1. The fraction of sp³-hybridized carbons (Fsp3) is 0.647. The second-order valence-corrected chi connectivity index (χ2v) is 6.75. The predicted molar refractivity (Wildman–Crippen MR) is 112 cm³/mol. The van der Waals surface area contributed by atoms with Crippen LogP contribution in [0.4, 0.5) is 0 Å². The van der Waals surface area contributed by atoms with E-state index in [2.05, 4.69) is 46.3 Å². The average molecular weight is 467 g/mol. The third-order valence-corrected chi connectivity index (χ3v) is 4.35. The number of hydrogen-bond donors (Lipinski definition) is 2. The van der Waals surface area contributed by atoms with Gasteiger partial charge in [-0.3, -0.25) is 4.79 Å². The molecule has 0 saturated carbocycles. The molecule has 0 bridgehead atoms. The molecule has 0 unspecified atom stereocenters. The van der Waals surface area contributed by atoms with Gasteiger partial charge in [0.25, 0.3) is 0 Å². The molecule has 0 saturated heterocycles. The van der Waals surface area contributed by atoms with Crippen LogP contribution < -0.4 is 10.6 Å². The van der Waals surface area contributed by atoms with Gasteiger partial charge in [0, 0.05) is 29.3 Å². The highest BCUT2D eigenvalue weighted by Crippen LogP contribution is 2.15. The molecule has 0 spiro atoms. The number of carbonyl (C=O) groups excluding carboxylic acids is 1. The molecule has 24 heavy (non-hydrogen) atoms. The average Bonchev–Trinajstić information content (AvgIpc) is 2.96.